The summed E-state index contributed by atoms with van der Waals surface area (Å²) in [6, 6.07) is 24.4. The SMILES string of the molecule is CCOc1cc(/C=C2\C(=O)NC(=O)N(c3ccc(OCc4ccccc4)cc3)C2=O)cc(Br)c1OCc1cccc([N+](=O)[O-])c1. The van der Waals surface area contributed by atoms with E-state index in [1.165, 1.54) is 18.2 Å². The average Bonchev–Trinajstić information content (AvgIpc) is 3.03. The van der Waals surface area contributed by atoms with Crippen LogP contribution in [0.4, 0.5) is 16.2 Å². The van der Waals surface area contributed by atoms with Gasteiger partial charge < -0.3 is 14.2 Å². The number of nitrogens with zero attached hydrogens (tertiary/aromatic N) is 2. The average molecular weight is 672 g/mol. The first kappa shape index (κ1) is 31.0. The number of amides is 4. The summed E-state index contributed by atoms with van der Waals surface area (Å²) in [5.74, 6) is -0.463. The van der Waals surface area contributed by atoms with Crippen LogP contribution in [0, 0.1) is 10.1 Å². The summed E-state index contributed by atoms with van der Waals surface area (Å²) in [4.78, 5) is 50.5. The monoisotopic (exact) mass is 671 g/mol. The Hall–Kier alpha value is -5.49. The van der Waals surface area contributed by atoms with Crippen molar-refractivity contribution >= 4 is 51.2 Å². The van der Waals surface area contributed by atoms with Crippen LogP contribution < -0.4 is 24.4 Å². The number of imide groups is 2. The van der Waals surface area contributed by atoms with Crippen molar-refractivity contribution in [1.29, 1.82) is 0 Å². The predicted octanol–water partition coefficient (Wildman–Crippen LogP) is 6.58. The highest BCUT2D eigenvalue weighted by Gasteiger charge is 2.37. The van der Waals surface area contributed by atoms with Crippen molar-refractivity contribution in [2.45, 2.75) is 20.1 Å². The van der Waals surface area contributed by atoms with Gasteiger partial charge in [0.1, 0.15) is 24.5 Å². The summed E-state index contributed by atoms with van der Waals surface area (Å²) < 4.78 is 18.0. The fourth-order valence-corrected chi connectivity index (χ4v) is 5.05. The van der Waals surface area contributed by atoms with Crippen LogP contribution >= 0.6 is 15.9 Å². The van der Waals surface area contributed by atoms with E-state index in [1.807, 2.05) is 30.3 Å². The molecule has 45 heavy (non-hydrogen) atoms. The van der Waals surface area contributed by atoms with Gasteiger partial charge in [-0.25, -0.2) is 9.69 Å². The van der Waals surface area contributed by atoms with Gasteiger partial charge in [0, 0.05) is 12.1 Å². The molecule has 0 aromatic heterocycles. The number of benzene rings is 4. The molecule has 0 saturated carbocycles. The first-order chi connectivity index (χ1) is 21.7. The number of carbonyl (C=O) groups is 3. The van der Waals surface area contributed by atoms with Crippen molar-refractivity contribution < 1.29 is 33.5 Å². The number of nitrogens with one attached hydrogen (secondary N) is 1. The molecule has 0 bridgehead atoms. The quantitative estimate of drug-likeness (QED) is 0.0817. The molecule has 0 atom stereocenters. The number of rotatable bonds is 11. The number of anilines is 1. The zero-order valence-corrected chi connectivity index (χ0v) is 25.5. The fourth-order valence-electron chi connectivity index (χ4n) is 4.48. The first-order valence-electron chi connectivity index (χ1n) is 13.7. The van der Waals surface area contributed by atoms with Gasteiger partial charge >= 0.3 is 6.03 Å². The summed E-state index contributed by atoms with van der Waals surface area (Å²) in [5.41, 5.74) is 1.92. The molecule has 0 unspecified atom stereocenters. The van der Waals surface area contributed by atoms with Gasteiger partial charge in [-0.3, -0.25) is 25.0 Å². The Morgan fingerprint density at radius 1 is 0.867 bits per heavy atom. The number of halogens is 1. The maximum Gasteiger partial charge on any atom is 0.335 e. The molecule has 0 aliphatic carbocycles. The molecule has 0 radical (unpaired) electrons. The molecule has 4 amide bonds. The normalized spacial score (nSPS) is 13.9. The highest BCUT2D eigenvalue weighted by Crippen LogP contribution is 2.38. The predicted molar refractivity (Wildman–Crippen MR) is 169 cm³/mol. The fraction of sp³-hybridized carbons (Fsp3) is 0.121. The van der Waals surface area contributed by atoms with Gasteiger partial charge in [0.25, 0.3) is 17.5 Å². The molecule has 12 heteroatoms. The summed E-state index contributed by atoms with van der Waals surface area (Å²) in [7, 11) is 0. The van der Waals surface area contributed by atoms with Gasteiger partial charge in [0.15, 0.2) is 11.5 Å². The van der Waals surface area contributed by atoms with E-state index in [-0.39, 0.29) is 30.2 Å². The second-order valence-corrected chi connectivity index (χ2v) is 10.6. The Balaban J connectivity index is 1.36. The van der Waals surface area contributed by atoms with E-state index in [2.05, 4.69) is 21.2 Å². The summed E-state index contributed by atoms with van der Waals surface area (Å²) >= 11 is 3.46. The van der Waals surface area contributed by atoms with E-state index in [1.54, 1.807) is 55.5 Å². The van der Waals surface area contributed by atoms with Crippen LogP contribution in [0.15, 0.2) is 101 Å². The van der Waals surface area contributed by atoms with Crippen LogP contribution in [0.25, 0.3) is 6.08 Å². The van der Waals surface area contributed by atoms with Gasteiger partial charge in [-0.2, -0.15) is 0 Å². The van der Waals surface area contributed by atoms with Gasteiger partial charge in [-0.05, 0) is 82.0 Å². The van der Waals surface area contributed by atoms with Crippen LogP contribution in [0.1, 0.15) is 23.6 Å². The number of nitro groups is 1. The molecule has 228 valence electrons. The second kappa shape index (κ2) is 13.9. The van der Waals surface area contributed by atoms with E-state index < -0.39 is 22.8 Å². The maximum absolute atomic E-state index is 13.5. The third kappa shape index (κ3) is 7.36. The summed E-state index contributed by atoms with van der Waals surface area (Å²) in [5, 5.41) is 13.3. The summed E-state index contributed by atoms with van der Waals surface area (Å²) in [6.07, 6.45) is 1.35. The van der Waals surface area contributed by atoms with Gasteiger partial charge in [0.05, 0.1) is 21.7 Å². The largest absolute Gasteiger partial charge is 0.490 e. The van der Waals surface area contributed by atoms with Gasteiger partial charge in [0.2, 0.25) is 0 Å². The molecular weight excluding hydrogens is 646 g/mol. The molecule has 1 aliphatic rings. The Kier molecular flexibility index (Phi) is 9.54. The number of non-ortho nitro benzene ring substituents is 1. The minimum atomic E-state index is -0.874. The van der Waals surface area contributed by atoms with Crippen molar-refractivity contribution in [2.75, 3.05) is 11.5 Å². The molecule has 1 saturated heterocycles. The van der Waals surface area contributed by atoms with E-state index in [4.69, 9.17) is 14.2 Å². The van der Waals surface area contributed by atoms with E-state index in [9.17, 15) is 24.5 Å². The number of hydrogen-bond acceptors (Lipinski definition) is 8. The second-order valence-electron chi connectivity index (χ2n) is 9.70. The van der Waals surface area contributed by atoms with Crippen LogP contribution in [0.2, 0.25) is 0 Å². The van der Waals surface area contributed by atoms with E-state index >= 15 is 0 Å². The van der Waals surface area contributed by atoms with Gasteiger partial charge in [-0.1, -0.05) is 42.5 Å². The number of nitro benzene ring substituents is 1. The standard InChI is InChI=1S/C33H26BrN3O8/c1-2-43-29-18-23(17-28(34)30(29)45-20-22-9-6-10-25(15-22)37(41)42)16-27-31(38)35-33(40)36(32(27)39)24-11-13-26(14-12-24)44-19-21-7-4-3-5-8-21/h3-18H,2,19-20H2,1H3,(H,35,38,40)/b27-16+. The topological polar surface area (TPSA) is 137 Å². The van der Waals surface area contributed by atoms with Crippen LogP contribution in [0.3, 0.4) is 0 Å². The van der Waals surface area contributed by atoms with Crippen LogP contribution in [-0.2, 0) is 22.8 Å². The number of urea groups is 1. The van der Waals surface area contributed by atoms with Crippen molar-refractivity contribution in [3.8, 4) is 17.2 Å². The minimum absolute atomic E-state index is 0.0227. The van der Waals surface area contributed by atoms with Gasteiger partial charge in [-0.15, -0.1) is 0 Å². The highest BCUT2D eigenvalue weighted by atomic mass is 79.9. The zero-order valence-electron chi connectivity index (χ0n) is 23.9. The number of hydrogen-bond donors (Lipinski definition) is 1. The Morgan fingerprint density at radius 3 is 2.29 bits per heavy atom. The number of carbonyl (C=O) groups excluding carboxylic acids is 3. The molecule has 1 heterocycles. The Labute approximate surface area is 266 Å². The molecule has 4 aromatic carbocycles. The molecule has 1 aliphatic heterocycles. The maximum atomic E-state index is 13.5. The number of barbiturate groups is 1. The highest BCUT2D eigenvalue weighted by molar-refractivity contribution is 9.10. The third-order valence-corrected chi connectivity index (χ3v) is 7.18. The lowest BCUT2D eigenvalue weighted by Crippen LogP contribution is -2.54. The molecule has 0 spiro atoms. The summed E-state index contributed by atoms with van der Waals surface area (Å²) in [6.45, 7) is 2.44. The first-order valence-corrected chi connectivity index (χ1v) is 14.5. The molecule has 1 N–H and O–H groups in total. The van der Waals surface area contributed by atoms with Crippen molar-refractivity contribution in [1.82, 2.24) is 5.32 Å². The third-order valence-electron chi connectivity index (χ3n) is 6.59. The molecule has 5 rings (SSSR count). The van der Waals surface area contributed by atoms with Crippen molar-refractivity contribution in [2.24, 2.45) is 0 Å². The van der Waals surface area contributed by atoms with Crippen molar-refractivity contribution in [3.63, 3.8) is 0 Å². The molecule has 4 aromatic rings. The lowest BCUT2D eigenvalue weighted by atomic mass is 10.1. The molecule has 1 fully saturated rings. The molecule has 11 nitrogen and oxygen atoms in total. The van der Waals surface area contributed by atoms with Crippen molar-refractivity contribution in [3.05, 3.63) is 128 Å². The van der Waals surface area contributed by atoms with E-state index in [0.29, 0.717) is 39.5 Å². The van der Waals surface area contributed by atoms with Crippen LogP contribution in [0.5, 0.6) is 17.2 Å². The Morgan fingerprint density at radius 2 is 1.58 bits per heavy atom. The Bertz CT molecular complexity index is 1790. The molecular formula is C33H26BrN3O8. The lowest BCUT2D eigenvalue weighted by Gasteiger charge is -2.26. The minimum Gasteiger partial charge on any atom is -0.490 e. The lowest BCUT2D eigenvalue weighted by molar-refractivity contribution is -0.384. The smallest absolute Gasteiger partial charge is 0.335 e. The number of ether oxygens (including phenoxy) is 3. The zero-order chi connectivity index (χ0) is 31.9. The van der Waals surface area contributed by atoms with Crippen LogP contribution in [-0.4, -0.2) is 29.4 Å². The van der Waals surface area contributed by atoms with E-state index in [0.717, 1.165) is 10.5 Å².